The van der Waals surface area contributed by atoms with Crippen molar-refractivity contribution in [1.29, 1.82) is 5.26 Å². The lowest BCUT2D eigenvalue weighted by Gasteiger charge is -2.40. The second-order valence-corrected chi connectivity index (χ2v) is 12.1. The van der Waals surface area contributed by atoms with Gasteiger partial charge in [0.05, 0.1) is 24.3 Å². The van der Waals surface area contributed by atoms with Crippen molar-refractivity contribution in [3.63, 3.8) is 0 Å². The number of ether oxygens (including phenoxy) is 2. The Labute approximate surface area is 240 Å². The highest BCUT2D eigenvalue weighted by atomic mass is 32.1. The van der Waals surface area contributed by atoms with E-state index in [1.807, 2.05) is 18.2 Å². The number of halogens is 1. The maximum Gasteiger partial charge on any atom is 0.346 e. The van der Waals surface area contributed by atoms with E-state index in [0.29, 0.717) is 22.9 Å². The fourth-order valence-electron chi connectivity index (χ4n) is 5.40. The first kappa shape index (κ1) is 27.2. The number of imidazole rings is 1. The van der Waals surface area contributed by atoms with E-state index in [0.717, 1.165) is 67.4 Å². The largest absolute Gasteiger partial charge is 0.477 e. The monoisotopic (exact) mass is 575 g/mol. The van der Waals surface area contributed by atoms with Gasteiger partial charge in [0.15, 0.2) is 0 Å². The van der Waals surface area contributed by atoms with Crippen LogP contribution in [0.3, 0.4) is 0 Å². The number of fused-ring (bicyclic) bond motifs is 1. The molecule has 2 aliphatic heterocycles. The molecule has 2 aliphatic rings. The van der Waals surface area contributed by atoms with Crippen LogP contribution < -0.4 is 9.64 Å². The quantitative estimate of drug-likeness (QED) is 0.282. The highest BCUT2D eigenvalue weighted by Gasteiger charge is 2.34. The molecule has 2 saturated heterocycles. The van der Waals surface area contributed by atoms with Crippen LogP contribution in [0, 0.1) is 22.6 Å². The molecule has 9 nitrogen and oxygen atoms in total. The fourth-order valence-corrected chi connectivity index (χ4v) is 6.37. The standard InChI is InChI=1S/C30H30FN5O4S/c1-30(15-26-33-23-14-24(29(37)38)41-28(23)36(26)17-21-7-12-39-21)8-10-35(11-9-30)25-3-2-4-27(34-25)40-18-20-6-5-19(16-32)13-22(20)31/h2-6,13-14,21H,7-12,15,17-18H2,1H3,(H,37,38). The van der Waals surface area contributed by atoms with E-state index >= 15 is 0 Å². The topological polar surface area (TPSA) is 113 Å². The van der Waals surface area contributed by atoms with Gasteiger partial charge in [0, 0.05) is 37.7 Å². The van der Waals surface area contributed by atoms with Gasteiger partial charge in [0.1, 0.15) is 39.3 Å². The number of nitrogens with zero attached hydrogens (tertiary/aromatic N) is 5. The zero-order valence-corrected chi connectivity index (χ0v) is 23.5. The number of carbonyl (C=O) groups is 1. The fraction of sp³-hybridized carbons (Fsp3) is 0.400. The summed E-state index contributed by atoms with van der Waals surface area (Å²) in [5.41, 5.74) is 1.40. The van der Waals surface area contributed by atoms with E-state index in [1.165, 1.54) is 17.4 Å². The molecule has 1 unspecified atom stereocenters. The Morgan fingerprint density at radius 2 is 2.07 bits per heavy atom. The molecule has 11 heteroatoms. The summed E-state index contributed by atoms with van der Waals surface area (Å²) in [6.07, 6.45) is 3.82. The van der Waals surface area contributed by atoms with Crippen LogP contribution in [-0.4, -0.2) is 51.4 Å². The minimum Gasteiger partial charge on any atom is -0.477 e. The lowest BCUT2D eigenvalue weighted by molar-refractivity contribution is -0.0591. The highest BCUT2D eigenvalue weighted by molar-refractivity contribution is 7.20. The summed E-state index contributed by atoms with van der Waals surface area (Å²) in [6.45, 7) is 5.41. The zero-order valence-electron chi connectivity index (χ0n) is 22.7. The van der Waals surface area contributed by atoms with E-state index < -0.39 is 11.8 Å². The molecule has 1 aromatic carbocycles. The predicted octanol–water partition coefficient (Wildman–Crippen LogP) is 5.42. The van der Waals surface area contributed by atoms with Crippen molar-refractivity contribution < 1.29 is 23.8 Å². The van der Waals surface area contributed by atoms with Crippen LogP contribution in [0.1, 0.15) is 52.8 Å². The van der Waals surface area contributed by atoms with Gasteiger partial charge in [0.25, 0.3) is 0 Å². The average Bonchev–Trinajstić information content (AvgIpc) is 3.48. The van der Waals surface area contributed by atoms with Crippen molar-refractivity contribution in [2.75, 3.05) is 24.6 Å². The second-order valence-electron chi connectivity index (χ2n) is 11.0. The number of benzene rings is 1. The Morgan fingerprint density at radius 3 is 2.76 bits per heavy atom. The SMILES string of the molecule is CC1(Cc2nc3cc(C(=O)O)sc3n2CC2CCO2)CCN(c2cccc(OCc3ccc(C#N)cc3F)n2)CC1. The van der Waals surface area contributed by atoms with E-state index in [9.17, 15) is 14.3 Å². The molecular weight excluding hydrogens is 545 g/mol. The first-order valence-electron chi connectivity index (χ1n) is 13.7. The van der Waals surface area contributed by atoms with Gasteiger partial charge in [-0.1, -0.05) is 19.1 Å². The van der Waals surface area contributed by atoms with Crippen molar-refractivity contribution in [2.24, 2.45) is 5.41 Å². The van der Waals surface area contributed by atoms with Gasteiger partial charge in [-0.25, -0.2) is 14.2 Å². The minimum absolute atomic E-state index is 0.0238. The van der Waals surface area contributed by atoms with Gasteiger partial charge in [-0.3, -0.25) is 0 Å². The third-order valence-corrected chi connectivity index (χ3v) is 9.17. The van der Waals surface area contributed by atoms with Gasteiger partial charge in [-0.15, -0.1) is 11.3 Å². The van der Waals surface area contributed by atoms with Crippen LogP contribution >= 0.6 is 11.3 Å². The number of aromatic nitrogens is 3. The number of thiophene rings is 1. The zero-order chi connectivity index (χ0) is 28.6. The summed E-state index contributed by atoms with van der Waals surface area (Å²) in [5, 5.41) is 18.4. The average molecular weight is 576 g/mol. The summed E-state index contributed by atoms with van der Waals surface area (Å²) in [4.78, 5) is 24.5. The molecule has 2 fully saturated rings. The molecule has 212 valence electrons. The second kappa shape index (κ2) is 11.1. The molecule has 3 aromatic heterocycles. The Morgan fingerprint density at radius 1 is 1.27 bits per heavy atom. The van der Waals surface area contributed by atoms with E-state index in [-0.39, 0.29) is 23.7 Å². The van der Waals surface area contributed by atoms with Gasteiger partial charge >= 0.3 is 5.97 Å². The number of pyridine rings is 1. The predicted molar refractivity (Wildman–Crippen MR) is 152 cm³/mol. The molecule has 0 saturated carbocycles. The number of hydrogen-bond acceptors (Lipinski definition) is 8. The molecule has 5 heterocycles. The maximum atomic E-state index is 14.2. The van der Waals surface area contributed by atoms with Crippen LogP contribution in [0.15, 0.2) is 42.5 Å². The van der Waals surface area contributed by atoms with Crippen molar-refractivity contribution in [2.45, 2.75) is 51.9 Å². The van der Waals surface area contributed by atoms with Crippen LogP contribution in [0.4, 0.5) is 10.2 Å². The molecule has 41 heavy (non-hydrogen) atoms. The molecule has 0 spiro atoms. The molecular formula is C30H30FN5O4S. The smallest absolute Gasteiger partial charge is 0.346 e. The lowest BCUT2D eigenvalue weighted by Crippen LogP contribution is -2.40. The maximum absolute atomic E-state index is 14.2. The number of hydrogen-bond donors (Lipinski definition) is 1. The van der Waals surface area contributed by atoms with E-state index in [1.54, 1.807) is 24.3 Å². The Bertz CT molecular complexity index is 1630. The van der Waals surface area contributed by atoms with Crippen LogP contribution in [0.25, 0.3) is 10.3 Å². The van der Waals surface area contributed by atoms with Crippen molar-refractivity contribution in [1.82, 2.24) is 14.5 Å². The van der Waals surface area contributed by atoms with Crippen molar-refractivity contribution >= 4 is 33.5 Å². The van der Waals surface area contributed by atoms with E-state index in [2.05, 4.69) is 21.4 Å². The molecule has 1 atom stereocenters. The van der Waals surface area contributed by atoms with E-state index in [4.69, 9.17) is 19.7 Å². The number of carboxylic acid groups (broad SMARTS) is 1. The Balaban J connectivity index is 1.11. The number of aromatic carboxylic acids is 1. The summed E-state index contributed by atoms with van der Waals surface area (Å²) in [6, 6.07) is 13.5. The number of nitriles is 1. The molecule has 4 aromatic rings. The van der Waals surface area contributed by atoms with Gasteiger partial charge in [0.2, 0.25) is 5.88 Å². The van der Waals surface area contributed by atoms with Crippen molar-refractivity contribution in [3.8, 4) is 11.9 Å². The Hall–Kier alpha value is -4.01. The summed E-state index contributed by atoms with van der Waals surface area (Å²) in [7, 11) is 0. The highest BCUT2D eigenvalue weighted by Crippen LogP contribution is 2.38. The Kier molecular flexibility index (Phi) is 7.36. The molecule has 0 bridgehead atoms. The third kappa shape index (κ3) is 5.76. The molecule has 0 radical (unpaired) electrons. The first-order valence-corrected chi connectivity index (χ1v) is 14.5. The number of rotatable bonds is 9. The summed E-state index contributed by atoms with van der Waals surface area (Å²) in [5.74, 6) is 0.817. The van der Waals surface area contributed by atoms with Crippen LogP contribution in [0.2, 0.25) is 0 Å². The summed E-state index contributed by atoms with van der Waals surface area (Å²) < 4.78 is 27.9. The number of carboxylic acids is 1. The van der Waals surface area contributed by atoms with Gasteiger partial charge in [-0.2, -0.15) is 10.2 Å². The van der Waals surface area contributed by atoms with Gasteiger partial charge in [-0.05, 0) is 48.9 Å². The molecule has 0 aliphatic carbocycles. The number of piperidine rings is 1. The van der Waals surface area contributed by atoms with Crippen molar-refractivity contribution in [3.05, 3.63) is 70.1 Å². The molecule has 6 rings (SSSR count). The van der Waals surface area contributed by atoms with Crippen LogP contribution in [-0.2, 0) is 24.3 Å². The van der Waals surface area contributed by atoms with Gasteiger partial charge < -0.3 is 24.0 Å². The minimum atomic E-state index is -0.926. The third-order valence-electron chi connectivity index (χ3n) is 8.04. The normalized spacial score (nSPS) is 18.2. The first-order chi connectivity index (χ1) is 19.8. The number of anilines is 1. The summed E-state index contributed by atoms with van der Waals surface area (Å²) >= 11 is 1.28. The van der Waals surface area contributed by atoms with Crippen LogP contribution in [0.5, 0.6) is 5.88 Å². The lowest BCUT2D eigenvalue weighted by atomic mass is 9.77. The molecule has 1 N–H and O–H groups in total. The molecule has 0 amide bonds.